The Morgan fingerprint density at radius 2 is 2.26 bits per heavy atom. The average Bonchev–Trinajstić information content (AvgIpc) is 2.98. The predicted octanol–water partition coefficient (Wildman–Crippen LogP) is 1.25. The number of carbonyl (C=O) groups excluding carboxylic acids is 1. The lowest BCUT2D eigenvalue weighted by Gasteiger charge is -2.03. The van der Waals surface area contributed by atoms with E-state index in [0.717, 1.165) is 11.3 Å². The molecule has 0 aliphatic carbocycles. The van der Waals surface area contributed by atoms with Crippen molar-refractivity contribution in [1.82, 2.24) is 25.1 Å². The zero-order chi connectivity index (χ0) is 13.2. The first-order valence-electron chi connectivity index (χ1n) is 5.42. The molecular weight excluding hydrogens is 269 g/mol. The zero-order valence-corrected chi connectivity index (χ0v) is 10.4. The molecule has 0 bridgehead atoms. The van der Waals surface area contributed by atoms with Crippen LogP contribution >= 0.6 is 11.3 Å². The molecule has 6 nitrogen and oxygen atoms in total. The van der Waals surface area contributed by atoms with Crippen LogP contribution in [0.4, 0.5) is 4.39 Å². The van der Waals surface area contributed by atoms with E-state index in [1.54, 1.807) is 18.2 Å². The van der Waals surface area contributed by atoms with Crippen molar-refractivity contribution in [3.8, 4) is 0 Å². The molecule has 0 saturated carbocycles. The zero-order valence-electron chi connectivity index (χ0n) is 9.58. The third-order valence-corrected chi connectivity index (χ3v) is 3.39. The van der Waals surface area contributed by atoms with Gasteiger partial charge in [0, 0.05) is 12.1 Å². The molecule has 1 aromatic carbocycles. The van der Waals surface area contributed by atoms with E-state index in [4.69, 9.17) is 0 Å². The van der Waals surface area contributed by atoms with Gasteiger partial charge in [-0.25, -0.2) is 4.39 Å². The second-order valence-corrected chi connectivity index (χ2v) is 4.70. The fourth-order valence-electron chi connectivity index (χ4n) is 1.54. The van der Waals surface area contributed by atoms with Gasteiger partial charge in [-0.1, -0.05) is 29.5 Å². The lowest BCUT2D eigenvalue weighted by Crippen LogP contribution is -2.23. The SMILES string of the molecule is O=C(NCc1ccccc1F)c1nn2cnnc2s1. The van der Waals surface area contributed by atoms with Crippen molar-refractivity contribution in [1.29, 1.82) is 0 Å². The van der Waals surface area contributed by atoms with Gasteiger partial charge < -0.3 is 5.32 Å². The Bertz CT molecular complexity index is 709. The number of amides is 1. The normalized spacial score (nSPS) is 10.8. The molecule has 0 fully saturated rings. The highest BCUT2D eigenvalue weighted by Crippen LogP contribution is 2.12. The third-order valence-electron chi connectivity index (χ3n) is 2.48. The number of hydrogen-bond donors (Lipinski definition) is 1. The molecule has 0 aliphatic heterocycles. The van der Waals surface area contributed by atoms with E-state index in [9.17, 15) is 9.18 Å². The van der Waals surface area contributed by atoms with Gasteiger partial charge in [0.1, 0.15) is 12.1 Å². The van der Waals surface area contributed by atoms with Crippen LogP contribution < -0.4 is 5.32 Å². The molecule has 2 aromatic heterocycles. The van der Waals surface area contributed by atoms with Crippen molar-refractivity contribution in [2.75, 3.05) is 0 Å². The Labute approximate surface area is 110 Å². The van der Waals surface area contributed by atoms with Gasteiger partial charge in [0.2, 0.25) is 9.97 Å². The third kappa shape index (κ3) is 2.29. The van der Waals surface area contributed by atoms with Crippen LogP contribution in [0, 0.1) is 5.82 Å². The van der Waals surface area contributed by atoms with Crippen molar-refractivity contribution in [2.45, 2.75) is 6.54 Å². The van der Waals surface area contributed by atoms with Crippen LogP contribution in [-0.2, 0) is 6.54 Å². The van der Waals surface area contributed by atoms with Crippen LogP contribution in [0.3, 0.4) is 0 Å². The summed E-state index contributed by atoms with van der Waals surface area (Å²) in [7, 11) is 0. The Kier molecular flexibility index (Phi) is 2.92. The van der Waals surface area contributed by atoms with Crippen molar-refractivity contribution < 1.29 is 9.18 Å². The van der Waals surface area contributed by atoms with Crippen molar-refractivity contribution >= 4 is 22.2 Å². The highest BCUT2D eigenvalue weighted by atomic mass is 32.1. The van der Waals surface area contributed by atoms with Crippen LogP contribution in [-0.4, -0.2) is 25.7 Å². The monoisotopic (exact) mass is 277 g/mol. The summed E-state index contributed by atoms with van der Waals surface area (Å²) in [5.41, 5.74) is 0.429. The Morgan fingerprint density at radius 1 is 1.42 bits per heavy atom. The van der Waals surface area contributed by atoms with Crippen molar-refractivity contribution in [2.24, 2.45) is 0 Å². The summed E-state index contributed by atoms with van der Waals surface area (Å²) in [5, 5.41) is 14.3. The van der Waals surface area contributed by atoms with E-state index < -0.39 is 0 Å². The first kappa shape index (κ1) is 11.7. The number of carbonyl (C=O) groups is 1. The van der Waals surface area contributed by atoms with E-state index >= 15 is 0 Å². The fraction of sp³-hybridized carbons (Fsp3) is 0.0909. The Hall–Kier alpha value is -2.35. The summed E-state index contributed by atoms with van der Waals surface area (Å²) in [6, 6.07) is 6.29. The van der Waals surface area contributed by atoms with Gasteiger partial charge in [0.05, 0.1) is 0 Å². The van der Waals surface area contributed by atoms with Crippen LogP contribution in [0.5, 0.6) is 0 Å². The molecule has 0 spiro atoms. The molecule has 1 N–H and O–H groups in total. The van der Waals surface area contributed by atoms with E-state index in [0.29, 0.717) is 10.5 Å². The van der Waals surface area contributed by atoms with Gasteiger partial charge in [-0.15, -0.1) is 15.3 Å². The van der Waals surface area contributed by atoms with E-state index in [-0.39, 0.29) is 23.3 Å². The molecule has 2 heterocycles. The standard InChI is InChI=1S/C11H8FN5OS/c12-8-4-2-1-3-7(8)5-13-9(18)10-16-17-6-14-15-11(17)19-10/h1-4,6H,5H2,(H,13,18). The fourth-order valence-corrected chi connectivity index (χ4v) is 2.28. The van der Waals surface area contributed by atoms with Crippen molar-refractivity contribution in [3.05, 3.63) is 47.0 Å². The minimum atomic E-state index is -0.362. The summed E-state index contributed by atoms with van der Waals surface area (Å²) in [6.07, 6.45) is 1.42. The lowest BCUT2D eigenvalue weighted by molar-refractivity contribution is 0.0949. The van der Waals surface area contributed by atoms with Crippen LogP contribution in [0.25, 0.3) is 4.96 Å². The second kappa shape index (κ2) is 4.73. The molecular formula is C11H8FN5OS. The van der Waals surface area contributed by atoms with Crippen LogP contribution in [0.2, 0.25) is 0 Å². The first-order valence-corrected chi connectivity index (χ1v) is 6.24. The summed E-state index contributed by atoms with van der Waals surface area (Å²) in [6.45, 7) is 0.117. The predicted molar refractivity (Wildman–Crippen MR) is 66.2 cm³/mol. The first-order chi connectivity index (χ1) is 9.24. The van der Waals surface area contributed by atoms with Crippen molar-refractivity contribution in [3.63, 3.8) is 0 Å². The van der Waals surface area contributed by atoms with Gasteiger partial charge in [0.25, 0.3) is 5.91 Å². The number of nitrogens with one attached hydrogen (secondary N) is 1. The topological polar surface area (TPSA) is 72.2 Å². The average molecular weight is 277 g/mol. The Balaban J connectivity index is 1.72. The summed E-state index contributed by atoms with van der Waals surface area (Å²) < 4.78 is 14.8. The molecule has 0 saturated heterocycles. The number of rotatable bonds is 3. The maximum atomic E-state index is 13.4. The molecule has 96 valence electrons. The highest BCUT2D eigenvalue weighted by molar-refractivity contribution is 7.18. The van der Waals surface area contributed by atoms with Gasteiger partial charge in [-0.05, 0) is 6.07 Å². The van der Waals surface area contributed by atoms with E-state index in [1.807, 2.05) is 0 Å². The van der Waals surface area contributed by atoms with Gasteiger partial charge in [-0.3, -0.25) is 4.79 Å². The largest absolute Gasteiger partial charge is 0.346 e. The molecule has 1 amide bonds. The summed E-state index contributed by atoms with van der Waals surface area (Å²) in [5.74, 6) is -0.709. The molecule has 8 heteroatoms. The molecule has 19 heavy (non-hydrogen) atoms. The molecule has 3 rings (SSSR count). The number of fused-ring (bicyclic) bond motifs is 1. The second-order valence-electron chi connectivity index (χ2n) is 3.74. The van der Waals surface area contributed by atoms with Crippen LogP contribution in [0.1, 0.15) is 15.4 Å². The van der Waals surface area contributed by atoms with Gasteiger partial charge >= 0.3 is 0 Å². The van der Waals surface area contributed by atoms with Gasteiger partial charge in [0.15, 0.2) is 0 Å². The number of nitrogens with zero attached hydrogens (tertiary/aromatic N) is 4. The van der Waals surface area contributed by atoms with Crippen LogP contribution in [0.15, 0.2) is 30.6 Å². The molecule has 0 aliphatic rings. The smallest absolute Gasteiger partial charge is 0.282 e. The minimum absolute atomic E-state index is 0.117. The number of halogens is 1. The molecule has 0 radical (unpaired) electrons. The summed E-state index contributed by atoms with van der Waals surface area (Å²) in [4.78, 5) is 12.4. The van der Waals surface area contributed by atoms with E-state index in [2.05, 4.69) is 20.6 Å². The maximum absolute atomic E-state index is 13.4. The van der Waals surface area contributed by atoms with E-state index in [1.165, 1.54) is 16.9 Å². The molecule has 3 aromatic rings. The number of benzene rings is 1. The maximum Gasteiger partial charge on any atom is 0.282 e. The lowest BCUT2D eigenvalue weighted by atomic mass is 10.2. The van der Waals surface area contributed by atoms with Gasteiger partial charge in [-0.2, -0.15) is 4.52 Å². The molecule has 0 unspecified atom stereocenters. The highest BCUT2D eigenvalue weighted by Gasteiger charge is 2.13. The minimum Gasteiger partial charge on any atom is -0.346 e. The quantitative estimate of drug-likeness (QED) is 0.782. The number of hydrogen-bond acceptors (Lipinski definition) is 5. The number of aromatic nitrogens is 4. The summed E-state index contributed by atoms with van der Waals surface area (Å²) >= 11 is 1.12. The molecule has 0 atom stereocenters. The Morgan fingerprint density at radius 3 is 3.05 bits per heavy atom.